The summed E-state index contributed by atoms with van der Waals surface area (Å²) in [6.07, 6.45) is 4.53. The summed E-state index contributed by atoms with van der Waals surface area (Å²) < 4.78 is 5.31. The summed E-state index contributed by atoms with van der Waals surface area (Å²) in [4.78, 5) is 27.6. The van der Waals surface area contributed by atoms with E-state index in [0.29, 0.717) is 19.7 Å². The molecule has 0 bridgehead atoms. The largest absolute Gasteiger partial charge is 0.481 e. The fourth-order valence-electron chi connectivity index (χ4n) is 3.20. The van der Waals surface area contributed by atoms with E-state index in [0.717, 1.165) is 25.9 Å². The number of likely N-dealkylation sites (tertiary alicyclic amines) is 1. The zero-order chi connectivity index (χ0) is 15.2. The lowest BCUT2D eigenvalue weighted by molar-refractivity contribution is -0.144. The second-order valence-corrected chi connectivity index (χ2v) is 5.91. The topological polar surface area (TPSA) is 70.1 Å². The van der Waals surface area contributed by atoms with Crippen molar-refractivity contribution in [2.75, 3.05) is 39.4 Å². The summed E-state index contributed by atoms with van der Waals surface area (Å²) in [5.74, 6) is -1.24. The molecular weight excluding hydrogens is 272 g/mol. The number of hydrogen-bond donors (Lipinski definition) is 1. The van der Waals surface area contributed by atoms with Crippen molar-refractivity contribution in [2.45, 2.75) is 38.6 Å². The van der Waals surface area contributed by atoms with Crippen molar-refractivity contribution in [2.24, 2.45) is 5.92 Å². The zero-order valence-electron chi connectivity index (χ0n) is 12.8. The number of aliphatic carboxylic acids is 1. The van der Waals surface area contributed by atoms with Gasteiger partial charge in [-0.2, -0.15) is 0 Å². The molecule has 2 fully saturated rings. The molecule has 1 N–H and O–H groups in total. The van der Waals surface area contributed by atoms with Gasteiger partial charge in [-0.1, -0.05) is 19.8 Å². The van der Waals surface area contributed by atoms with Crippen LogP contribution in [0.3, 0.4) is 0 Å². The first-order valence-electron chi connectivity index (χ1n) is 7.96. The lowest BCUT2D eigenvalue weighted by Gasteiger charge is -2.31. The van der Waals surface area contributed by atoms with Gasteiger partial charge in [-0.15, -0.1) is 0 Å². The van der Waals surface area contributed by atoms with Crippen LogP contribution in [-0.2, 0) is 14.3 Å². The first kappa shape index (κ1) is 16.2. The first-order valence-corrected chi connectivity index (χ1v) is 7.96. The summed E-state index contributed by atoms with van der Waals surface area (Å²) in [6, 6.07) is -0.191. The van der Waals surface area contributed by atoms with Crippen molar-refractivity contribution in [1.82, 2.24) is 9.80 Å². The molecule has 2 aliphatic heterocycles. The van der Waals surface area contributed by atoms with Crippen LogP contribution >= 0.6 is 0 Å². The van der Waals surface area contributed by atoms with E-state index < -0.39 is 11.9 Å². The number of nitrogens with zero attached hydrogens (tertiary/aromatic N) is 2. The van der Waals surface area contributed by atoms with Crippen LogP contribution < -0.4 is 0 Å². The summed E-state index contributed by atoms with van der Waals surface area (Å²) in [5, 5.41) is 9.25. The molecule has 2 unspecified atom stereocenters. The highest BCUT2D eigenvalue weighted by molar-refractivity contribution is 5.78. The SMILES string of the molecule is CCN(CC(=O)N1CCCCCC1)C1COCC1C(=O)O. The molecular formula is C15H26N2O4. The molecule has 0 aliphatic carbocycles. The lowest BCUT2D eigenvalue weighted by atomic mass is 10.0. The summed E-state index contributed by atoms with van der Waals surface area (Å²) in [7, 11) is 0. The van der Waals surface area contributed by atoms with Gasteiger partial charge in [0.2, 0.25) is 5.91 Å². The van der Waals surface area contributed by atoms with E-state index in [1.165, 1.54) is 12.8 Å². The lowest BCUT2D eigenvalue weighted by Crippen LogP contribution is -2.48. The molecule has 2 saturated heterocycles. The van der Waals surface area contributed by atoms with Gasteiger partial charge in [0.1, 0.15) is 0 Å². The van der Waals surface area contributed by atoms with Gasteiger partial charge in [0, 0.05) is 19.1 Å². The molecule has 0 radical (unpaired) electrons. The van der Waals surface area contributed by atoms with Gasteiger partial charge in [-0.3, -0.25) is 14.5 Å². The van der Waals surface area contributed by atoms with Crippen LogP contribution in [0.25, 0.3) is 0 Å². The van der Waals surface area contributed by atoms with Crippen LogP contribution in [0.5, 0.6) is 0 Å². The van der Waals surface area contributed by atoms with Gasteiger partial charge in [-0.25, -0.2) is 0 Å². The maximum Gasteiger partial charge on any atom is 0.310 e. The van der Waals surface area contributed by atoms with E-state index >= 15 is 0 Å². The molecule has 0 aromatic carbocycles. The van der Waals surface area contributed by atoms with Crippen molar-refractivity contribution in [3.63, 3.8) is 0 Å². The Labute approximate surface area is 126 Å². The third kappa shape index (κ3) is 4.17. The number of amides is 1. The van der Waals surface area contributed by atoms with Crippen LogP contribution in [0.15, 0.2) is 0 Å². The molecule has 0 saturated carbocycles. The number of carboxylic acids is 1. The average molecular weight is 298 g/mol. The normalized spacial score (nSPS) is 26.9. The van der Waals surface area contributed by atoms with E-state index in [2.05, 4.69) is 0 Å². The highest BCUT2D eigenvalue weighted by atomic mass is 16.5. The fourth-order valence-corrected chi connectivity index (χ4v) is 3.20. The number of likely N-dealkylation sites (N-methyl/N-ethyl adjacent to an activating group) is 1. The number of carboxylic acid groups (broad SMARTS) is 1. The first-order chi connectivity index (χ1) is 10.1. The van der Waals surface area contributed by atoms with Crippen molar-refractivity contribution in [1.29, 1.82) is 0 Å². The molecule has 6 heteroatoms. The predicted molar refractivity (Wildman–Crippen MR) is 78.0 cm³/mol. The van der Waals surface area contributed by atoms with Crippen molar-refractivity contribution in [3.8, 4) is 0 Å². The van der Waals surface area contributed by atoms with Crippen LogP contribution in [0.2, 0.25) is 0 Å². The van der Waals surface area contributed by atoms with E-state index in [4.69, 9.17) is 4.74 Å². The highest BCUT2D eigenvalue weighted by Crippen LogP contribution is 2.20. The fraction of sp³-hybridized carbons (Fsp3) is 0.867. The van der Waals surface area contributed by atoms with Crippen LogP contribution in [0, 0.1) is 5.92 Å². The number of rotatable bonds is 5. The van der Waals surface area contributed by atoms with Crippen LogP contribution in [0.1, 0.15) is 32.6 Å². The van der Waals surface area contributed by atoms with Gasteiger partial charge in [0.05, 0.1) is 25.7 Å². The molecule has 6 nitrogen and oxygen atoms in total. The van der Waals surface area contributed by atoms with E-state index in [-0.39, 0.29) is 18.6 Å². The number of carbonyl (C=O) groups is 2. The Hall–Kier alpha value is -1.14. The summed E-state index contributed by atoms with van der Waals surface area (Å²) >= 11 is 0. The predicted octanol–water partition coefficient (Wildman–Crippen LogP) is 0.810. The summed E-state index contributed by atoms with van der Waals surface area (Å²) in [5.41, 5.74) is 0. The Bertz CT molecular complexity index is 367. The van der Waals surface area contributed by atoms with E-state index in [1.807, 2.05) is 16.7 Å². The Morgan fingerprint density at radius 2 is 1.86 bits per heavy atom. The molecule has 120 valence electrons. The summed E-state index contributed by atoms with van der Waals surface area (Å²) in [6.45, 7) is 5.24. The maximum absolute atomic E-state index is 12.4. The molecule has 2 aliphatic rings. The minimum Gasteiger partial charge on any atom is -0.481 e. The monoisotopic (exact) mass is 298 g/mol. The molecule has 2 heterocycles. The molecule has 2 rings (SSSR count). The quantitative estimate of drug-likeness (QED) is 0.813. The number of carbonyl (C=O) groups excluding carboxylic acids is 1. The van der Waals surface area contributed by atoms with Gasteiger partial charge in [0.15, 0.2) is 0 Å². The zero-order valence-corrected chi connectivity index (χ0v) is 12.8. The van der Waals surface area contributed by atoms with Crippen molar-refractivity contribution >= 4 is 11.9 Å². The van der Waals surface area contributed by atoms with Crippen molar-refractivity contribution in [3.05, 3.63) is 0 Å². The molecule has 2 atom stereocenters. The maximum atomic E-state index is 12.4. The third-order valence-electron chi connectivity index (χ3n) is 4.54. The van der Waals surface area contributed by atoms with Gasteiger partial charge >= 0.3 is 5.97 Å². The minimum absolute atomic E-state index is 0.120. The second-order valence-electron chi connectivity index (χ2n) is 5.91. The number of hydrogen-bond acceptors (Lipinski definition) is 4. The smallest absolute Gasteiger partial charge is 0.310 e. The Balaban J connectivity index is 1.94. The van der Waals surface area contributed by atoms with Gasteiger partial charge in [-0.05, 0) is 19.4 Å². The van der Waals surface area contributed by atoms with Crippen molar-refractivity contribution < 1.29 is 19.4 Å². The second kappa shape index (κ2) is 7.75. The molecule has 0 aromatic heterocycles. The highest BCUT2D eigenvalue weighted by Gasteiger charge is 2.38. The average Bonchev–Trinajstić information content (AvgIpc) is 2.79. The Kier molecular flexibility index (Phi) is 5.99. The Morgan fingerprint density at radius 3 is 2.43 bits per heavy atom. The van der Waals surface area contributed by atoms with Gasteiger partial charge in [0.25, 0.3) is 0 Å². The minimum atomic E-state index is -0.835. The van der Waals surface area contributed by atoms with Crippen LogP contribution in [0.4, 0.5) is 0 Å². The van der Waals surface area contributed by atoms with Gasteiger partial charge < -0.3 is 14.7 Å². The third-order valence-corrected chi connectivity index (χ3v) is 4.54. The molecule has 21 heavy (non-hydrogen) atoms. The van der Waals surface area contributed by atoms with Crippen LogP contribution in [-0.4, -0.2) is 72.2 Å². The molecule has 1 amide bonds. The van der Waals surface area contributed by atoms with E-state index in [1.54, 1.807) is 0 Å². The Morgan fingerprint density at radius 1 is 1.19 bits per heavy atom. The van der Waals surface area contributed by atoms with E-state index in [9.17, 15) is 14.7 Å². The standard InChI is InChI=1S/C15H26N2O4/c1-2-16(13-11-21-10-12(13)15(19)20)9-14(18)17-7-5-3-4-6-8-17/h12-13H,2-11H2,1H3,(H,19,20). The molecule has 0 spiro atoms. The number of ether oxygens (including phenoxy) is 1. The molecule has 0 aromatic rings.